The van der Waals surface area contributed by atoms with Crippen molar-refractivity contribution in [2.24, 2.45) is 0 Å². The molecule has 0 atom stereocenters. The van der Waals surface area contributed by atoms with Crippen LogP contribution in [-0.4, -0.2) is 240 Å². The Balaban J connectivity index is 4.82. The molecule has 0 radical (unpaired) electrons. The Morgan fingerprint density at radius 1 is 0.385 bits per heavy atom. The normalized spacial score (nSPS) is 10.3. The summed E-state index contributed by atoms with van der Waals surface area (Å²) in [6, 6.07) is 0. The smallest absolute Gasteiger partial charge is 0.242 e. The summed E-state index contributed by atoms with van der Waals surface area (Å²) in [5.41, 5.74) is 0. The van der Waals surface area contributed by atoms with Gasteiger partial charge in [0.1, 0.15) is 6.29 Å². The third-order valence-corrected chi connectivity index (χ3v) is 7.90. The SMILES string of the molecule is COCCCC(=O)N(C)CC(=O)N(C)CC(=O)N(C)CC(=O)N(C)CC(=O)N(C)CC(=O)N(C)CC(=O)N(C)CC(=O)N(C)CC(=O)N(C)CC=O. The first-order chi connectivity index (χ1) is 24.2. The Labute approximate surface area is 305 Å². The van der Waals surface area contributed by atoms with E-state index in [-0.39, 0.29) is 45.1 Å². The first kappa shape index (κ1) is 46.9. The number of amides is 9. The van der Waals surface area contributed by atoms with E-state index in [4.69, 9.17) is 4.74 Å². The molecule has 0 aromatic heterocycles. The van der Waals surface area contributed by atoms with Crippen molar-refractivity contribution in [3.8, 4) is 0 Å². The Morgan fingerprint density at radius 2 is 0.596 bits per heavy atom. The van der Waals surface area contributed by atoms with Crippen LogP contribution in [0.4, 0.5) is 0 Å². The summed E-state index contributed by atoms with van der Waals surface area (Å²) in [4.78, 5) is 134. The lowest BCUT2D eigenvalue weighted by molar-refractivity contribution is -0.146. The van der Waals surface area contributed by atoms with Crippen molar-refractivity contribution in [3.05, 3.63) is 0 Å². The molecule has 20 heteroatoms. The molecule has 0 aliphatic rings. The number of hydrogen-bond acceptors (Lipinski definition) is 11. The van der Waals surface area contributed by atoms with Crippen molar-refractivity contribution < 1.29 is 52.7 Å². The van der Waals surface area contributed by atoms with Crippen LogP contribution >= 0.6 is 0 Å². The van der Waals surface area contributed by atoms with Gasteiger partial charge in [-0.15, -0.1) is 0 Å². The fourth-order valence-corrected chi connectivity index (χ4v) is 4.07. The van der Waals surface area contributed by atoms with E-state index >= 15 is 0 Å². The summed E-state index contributed by atoms with van der Waals surface area (Å²) in [6.07, 6.45) is 1.27. The number of nitrogens with zero attached hydrogens (tertiary/aromatic N) is 9. The lowest BCUT2D eigenvalue weighted by Gasteiger charge is -2.27. The third kappa shape index (κ3) is 17.2. The van der Waals surface area contributed by atoms with Crippen LogP contribution in [0, 0.1) is 0 Å². The second-order valence-electron chi connectivity index (χ2n) is 12.5. The molecule has 0 unspecified atom stereocenters. The molecular weight excluding hydrogens is 686 g/mol. The van der Waals surface area contributed by atoms with Crippen LogP contribution in [0.15, 0.2) is 0 Å². The molecule has 0 spiro atoms. The van der Waals surface area contributed by atoms with Crippen LogP contribution in [0.3, 0.4) is 0 Å². The van der Waals surface area contributed by atoms with Crippen LogP contribution in [0.2, 0.25) is 0 Å². The second kappa shape index (κ2) is 23.4. The van der Waals surface area contributed by atoms with Gasteiger partial charge in [0.05, 0.1) is 58.9 Å². The van der Waals surface area contributed by atoms with Crippen molar-refractivity contribution in [2.75, 3.05) is 136 Å². The van der Waals surface area contributed by atoms with Crippen molar-refractivity contribution in [1.82, 2.24) is 44.1 Å². The molecule has 294 valence electrons. The zero-order valence-electron chi connectivity index (χ0n) is 32.1. The maximum Gasteiger partial charge on any atom is 0.242 e. The minimum absolute atomic E-state index is 0.124. The van der Waals surface area contributed by atoms with Crippen molar-refractivity contribution in [1.29, 1.82) is 0 Å². The van der Waals surface area contributed by atoms with Gasteiger partial charge in [-0.2, -0.15) is 0 Å². The number of carbonyl (C=O) groups excluding carboxylic acids is 10. The predicted molar refractivity (Wildman–Crippen MR) is 186 cm³/mol. The predicted octanol–water partition coefficient (Wildman–Crippen LogP) is -4.26. The molecular formula is C32H55N9O11. The van der Waals surface area contributed by atoms with E-state index in [9.17, 15) is 47.9 Å². The van der Waals surface area contributed by atoms with Crippen molar-refractivity contribution in [2.45, 2.75) is 12.8 Å². The molecule has 0 saturated carbocycles. The molecule has 52 heavy (non-hydrogen) atoms. The van der Waals surface area contributed by atoms with Gasteiger partial charge in [-0.1, -0.05) is 0 Å². The van der Waals surface area contributed by atoms with Gasteiger partial charge >= 0.3 is 0 Å². The van der Waals surface area contributed by atoms with Gasteiger partial charge in [0.15, 0.2) is 0 Å². The number of rotatable bonds is 22. The topological polar surface area (TPSA) is 209 Å². The van der Waals surface area contributed by atoms with E-state index in [0.29, 0.717) is 19.3 Å². The van der Waals surface area contributed by atoms with Gasteiger partial charge in [0.2, 0.25) is 53.2 Å². The highest BCUT2D eigenvalue weighted by Gasteiger charge is 2.25. The van der Waals surface area contributed by atoms with Crippen molar-refractivity contribution >= 4 is 59.5 Å². The molecule has 0 rings (SSSR count). The van der Waals surface area contributed by atoms with E-state index in [2.05, 4.69) is 0 Å². The Kier molecular flexibility index (Phi) is 21.0. The van der Waals surface area contributed by atoms with E-state index in [1.165, 1.54) is 75.4 Å². The number of ether oxygens (including phenoxy) is 1. The molecule has 0 aromatic rings. The monoisotopic (exact) mass is 741 g/mol. The van der Waals surface area contributed by atoms with Gasteiger partial charge in [-0.3, -0.25) is 43.2 Å². The van der Waals surface area contributed by atoms with Crippen LogP contribution < -0.4 is 0 Å². The highest BCUT2D eigenvalue weighted by atomic mass is 16.5. The lowest BCUT2D eigenvalue weighted by Crippen LogP contribution is -2.49. The van der Waals surface area contributed by atoms with Crippen LogP contribution in [0.5, 0.6) is 0 Å². The molecule has 0 bridgehead atoms. The highest BCUT2D eigenvalue weighted by Crippen LogP contribution is 2.01. The number of methoxy groups -OCH3 is 1. The summed E-state index contributed by atoms with van der Waals surface area (Å²) in [5, 5.41) is 0. The summed E-state index contributed by atoms with van der Waals surface area (Å²) in [7, 11) is 14.0. The Bertz CT molecular complexity index is 1310. The minimum Gasteiger partial charge on any atom is -0.385 e. The molecule has 0 aliphatic carbocycles. The van der Waals surface area contributed by atoms with E-state index in [1.807, 2.05) is 0 Å². The first-order valence-corrected chi connectivity index (χ1v) is 16.2. The number of carbonyl (C=O) groups is 10. The number of aldehydes is 1. The molecule has 0 aromatic carbocycles. The number of likely N-dealkylation sites (N-methyl/N-ethyl adjacent to an activating group) is 9. The van der Waals surface area contributed by atoms with Crippen LogP contribution in [0.1, 0.15) is 12.8 Å². The van der Waals surface area contributed by atoms with Gasteiger partial charge in [-0.05, 0) is 6.42 Å². The first-order valence-electron chi connectivity index (χ1n) is 16.2. The summed E-state index contributed by atoms with van der Waals surface area (Å²) < 4.78 is 4.92. The maximum absolute atomic E-state index is 12.8. The quantitative estimate of drug-likeness (QED) is 0.0767. The van der Waals surface area contributed by atoms with Crippen LogP contribution in [0.25, 0.3) is 0 Å². The van der Waals surface area contributed by atoms with Gasteiger partial charge in [0.25, 0.3) is 0 Å². The fourth-order valence-electron chi connectivity index (χ4n) is 4.07. The lowest BCUT2D eigenvalue weighted by atomic mass is 10.3. The zero-order valence-corrected chi connectivity index (χ0v) is 32.1. The fraction of sp³-hybridized carbons (Fsp3) is 0.688. The summed E-state index contributed by atoms with van der Waals surface area (Å²) >= 11 is 0. The van der Waals surface area contributed by atoms with Crippen molar-refractivity contribution in [3.63, 3.8) is 0 Å². The Hall–Kier alpha value is -5.14. The largest absolute Gasteiger partial charge is 0.385 e. The molecule has 9 amide bonds. The average Bonchev–Trinajstić information content (AvgIpc) is 3.07. The molecule has 0 fully saturated rings. The third-order valence-electron chi connectivity index (χ3n) is 7.90. The molecule has 0 heterocycles. The Morgan fingerprint density at radius 3 is 0.808 bits per heavy atom. The van der Waals surface area contributed by atoms with E-state index in [1.54, 1.807) is 0 Å². The maximum atomic E-state index is 12.8. The molecule has 0 aliphatic heterocycles. The highest BCUT2D eigenvalue weighted by molar-refractivity contribution is 5.93. The molecule has 0 N–H and O–H groups in total. The van der Waals surface area contributed by atoms with E-state index < -0.39 is 73.4 Å². The summed E-state index contributed by atoms with van der Waals surface area (Å²) in [5.74, 6) is -4.60. The number of hydrogen-bond donors (Lipinski definition) is 0. The summed E-state index contributed by atoms with van der Waals surface area (Å²) in [6.45, 7) is -2.57. The molecule has 0 saturated heterocycles. The standard InChI is InChI=1S/C32H55N9O11/c1-33(13-14-42)25(44)16-35(3)27(46)18-37(5)29(48)20-39(7)31(50)22-41(9)32(51)23-40(8)30(49)21-38(6)28(47)19-36(4)26(45)17-34(2)24(43)12-11-15-52-10/h14H,11-13,15-23H2,1-10H3. The zero-order chi connectivity index (χ0) is 40.3. The van der Waals surface area contributed by atoms with Gasteiger partial charge in [-0.25, -0.2) is 0 Å². The van der Waals surface area contributed by atoms with Crippen LogP contribution in [-0.2, 0) is 52.7 Å². The minimum atomic E-state index is -0.594. The molecule has 20 nitrogen and oxygen atoms in total. The average molecular weight is 742 g/mol. The van der Waals surface area contributed by atoms with Gasteiger partial charge in [0, 0.05) is 83.6 Å². The van der Waals surface area contributed by atoms with E-state index in [0.717, 1.165) is 39.2 Å². The van der Waals surface area contributed by atoms with Gasteiger partial charge < -0.3 is 53.6 Å². The second-order valence-corrected chi connectivity index (χ2v) is 12.5.